The van der Waals surface area contributed by atoms with Crippen LogP contribution in [0.25, 0.3) is 0 Å². The fourth-order valence-corrected chi connectivity index (χ4v) is 1.59. The molecule has 0 aliphatic rings. The number of nitrogens with one attached hydrogen (secondary N) is 1. The number of rotatable bonds is 6. The first kappa shape index (κ1) is 12.8. The summed E-state index contributed by atoms with van der Waals surface area (Å²) in [5, 5.41) is 3.32. The maximum Gasteiger partial charge on any atom is 0.325 e. The predicted molar refractivity (Wildman–Crippen MR) is 63.2 cm³/mol. The van der Waals surface area contributed by atoms with Gasteiger partial charge in [0, 0.05) is 18.4 Å². The largest absolute Gasteiger partial charge is 0.465 e. The zero-order chi connectivity index (χ0) is 12.0. The number of hydrogen-bond donors (Lipinski definition) is 1. The first-order valence-corrected chi connectivity index (χ1v) is 5.72. The lowest BCUT2D eigenvalue weighted by Crippen LogP contribution is -2.17. The molecule has 0 aliphatic carbocycles. The van der Waals surface area contributed by atoms with Crippen LogP contribution in [0.2, 0.25) is 0 Å². The van der Waals surface area contributed by atoms with Crippen molar-refractivity contribution in [3.63, 3.8) is 0 Å². The van der Waals surface area contributed by atoms with Gasteiger partial charge in [0.1, 0.15) is 6.54 Å². The second-order valence-corrected chi connectivity index (χ2v) is 3.70. The molecule has 1 aromatic heterocycles. The molecule has 0 aliphatic heterocycles. The second-order valence-electron chi connectivity index (χ2n) is 3.70. The summed E-state index contributed by atoms with van der Waals surface area (Å²) in [5.74, 6) is -0.194. The van der Waals surface area contributed by atoms with Gasteiger partial charge in [-0.05, 0) is 32.0 Å². The normalized spacial score (nSPS) is 12.4. The Hall–Kier alpha value is -1.29. The molecular weight excluding hydrogens is 204 g/mol. The van der Waals surface area contributed by atoms with E-state index in [9.17, 15) is 4.79 Å². The molecule has 4 heteroatoms. The van der Waals surface area contributed by atoms with E-state index in [1.807, 2.05) is 30.0 Å². The highest BCUT2D eigenvalue weighted by Crippen LogP contribution is 2.12. The van der Waals surface area contributed by atoms with Crippen molar-refractivity contribution >= 4 is 5.97 Å². The van der Waals surface area contributed by atoms with Crippen molar-refractivity contribution in [2.24, 2.45) is 0 Å². The summed E-state index contributed by atoms with van der Waals surface area (Å²) in [5.41, 5.74) is 1.19. The molecule has 1 atom stereocenters. The van der Waals surface area contributed by atoms with Crippen molar-refractivity contribution in [1.29, 1.82) is 0 Å². The summed E-state index contributed by atoms with van der Waals surface area (Å²) >= 11 is 0. The van der Waals surface area contributed by atoms with Crippen molar-refractivity contribution < 1.29 is 9.53 Å². The highest BCUT2D eigenvalue weighted by molar-refractivity contribution is 5.69. The highest BCUT2D eigenvalue weighted by Gasteiger charge is 2.07. The summed E-state index contributed by atoms with van der Waals surface area (Å²) in [4.78, 5) is 11.3. The van der Waals surface area contributed by atoms with Crippen LogP contribution in [0.4, 0.5) is 0 Å². The first-order valence-electron chi connectivity index (χ1n) is 5.72. The van der Waals surface area contributed by atoms with Crippen LogP contribution in [0.15, 0.2) is 18.5 Å². The van der Waals surface area contributed by atoms with E-state index in [0.29, 0.717) is 12.6 Å². The number of ether oxygens (including phenoxy) is 1. The molecule has 1 unspecified atom stereocenters. The van der Waals surface area contributed by atoms with E-state index in [2.05, 4.69) is 19.2 Å². The van der Waals surface area contributed by atoms with Crippen LogP contribution >= 0.6 is 0 Å². The zero-order valence-electron chi connectivity index (χ0n) is 10.2. The molecule has 0 bridgehead atoms. The third-order valence-corrected chi connectivity index (χ3v) is 2.40. The lowest BCUT2D eigenvalue weighted by molar-refractivity contribution is -0.143. The van der Waals surface area contributed by atoms with Gasteiger partial charge in [-0.15, -0.1) is 0 Å². The van der Waals surface area contributed by atoms with Gasteiger partial charge >= 0.3 is 5.97 Å². The van der Waals surface area contributed by atoms with Gasteiger partial charge < -0.3 is 14.6 Å². The van der Waals surface area contributed by atoms with Crippen LogP contribution in [-0.2, 0) is 16.1 Å². The van der Waals surface area contributed by atoms with Crippen LogP contribution in [-0.4, -0.2) is 23.7 Å². The van der Waals surface area contributed by atoms with Crippen molar-refractivity contribution in [1.82, 2.24) is 9.88 Å². The summed E-state index contributed by atoms with van der Waals surface area (Å²) in [6, 6.07) is 2.33. The van der Waals surface area contributed by atoms with E-state index in [1.165, 1.54) is 5.56 Å². The van der Waals surface area contributed by atoms with Gasteiger partial charge in [-0.1, -0.05) is 6.92 Å². The number of esters is 1. The molecule has 0 radical (unpaired) electrons. The molecule has 1 N–H and O–H groups in total. The Balaban J connectivity index is 2.54. The summed E-state index contributed by atoms with van der Waals surface area (Å²) < 4.78 is 6.74. The summed E-state index contributed by atoms with van der Waals surface area (Å²) in [6.45, 7) is 7.64. The SMILES string of the molecule is CCNC(C)c1ccn(CC(=O)OCC)c1. The van der Waals surface area contributed by atoms with E-state index in [-0.39, 0.29) is 12.5 Å². The molecule has 0 saturated heterocycles. The topological polar surface area (TPSA) is 43.3 Å². The van der Waals surface area contributed by atoms with Crippen molar-refractivity contribution in [3.8, 4) is 0 Å². The quantitative estimate of drug-likeness (QED) is 0.748. The van der Waals surface area contributed by atoms with Gasteiger partial charge in [-0.3, -0.25) is 4.79 Å². The molecule has 1 aromatic rings. The molecule has 4 nitrogen and oxygen atoms in total. The minimum Gasteiger partial charge on any atom is -0.465 e. The molecule has 1 rings (SSSR count). The predicted octanol–water partition coefficient (Wildman–Crippen LogP) is 1.72. The van der Waals surface area contributed by atoms with Crippen LogP contribution in [0.3, 0.4) is 0 Å². The third-order valence-electron chi connectivity index (χ3n) is 2.40. The molecule has 0 aromatic carbocycles. The van der Waals surface area contributed by atoms with Gasteiger partial charge in [-0.25, -0.2) is 0 Å². The van der Waals surface area contributed by atoms with Gasteiger partial charge in [-0.2, -0.15) is 0 Å². The molecular formula is C12H20N2O2. The fourth-order valence-electron chi connectivity index (χ4n) is 1.59. The van der Waals surface area contributed by atoms with E-state index in [4.69, 9.17) is 4.74 Å². The first-order chi connectivity index (χ1) is 7.67. The number of carbonyl (C=O) groups is 1. The van der Waals surface area contributed by atoms with Crippen molar-refractivity contribution in [2.45, 2.75) is 33.4 Å². The Bertz CT molecular complexity index is 334. The molecule has 90 valence electrons. The molecule has 0 saturated carbocycles. The van der Waals surface area contributed by atoms with Crippen molar-refractivity contribution in [2.75, 3.05) is 13.2 Å². The minimum atomic E-state index is -0.194. The van der Waals surface area contributed by atoms with Gasteiger partial charge in [0.15, 0.2) is 0 Å². The van der Waals surface area contributed by atoms with Crippen LogP contribution in [0, 0.1) is 0 Å². The van der Waals surface area contributed by atoms with Crippen LogP contribution < -0.4 is 5.32 Å². The minimum absolute atomic E-state index is 0.194. The van der Waals surface area contributed by atoms with E-state index >= 15 is 0 Å². The molecule has 16 heavy (non-hydrogen) atoms. The van der Waals surface area contributed by atoms with Crippen LogP contribution in [0.1, 0.15) is 32.4 Å². The zero-order valence-corrected chi connectivity index (χ0v) is 10.2. The van der Waals surface area contributed by atoms with Crippen molar-refractivity contribution in [3.05, 3.63) is 24.0 Å². The number of aromatic nitrogens is 1. The Labute approximate surface area is 96.6 Å². The van der Waals surface area contributed by atoms with Gasteiger partial charge in [0.05, 0.1) is 6.61 Å². The van der Waals surface area contributed by atoms with Gasteiger partial charge in [0.2, 0.25) is 0 Å². The lowest BCUT2D eigenvalue weighted by Gasteiger charge is -2.09. The maximum atomic E-state index is 11.3. The monoisotopic (exact) mass is 224 g/mol. The molecule has 0 amide bonds. The Morgan fingerprint density at radius 1 is 1.56 bits per heavy atom. The standard InChI is InChI=1S/C12H20N2O2/c1-4-13-10(3)11-6-7-14(8-11)9-12(15)16-5-2/h6-8,10,13H,4-5,9H2,1-3H3. The molecule has 1 heterocycles. The average molecular weight is 224 g/mol. The van der Waals surface area contributed by atoms with E-state index in [0.717, 1.165) is 6.54 Å². The fraction of sp³-hybridized carbons (Fsp3) is 0.583. The van der Waals surface area contributed by atoms with E-state index < -0.39 is 0 Å². The summed E-state index contributed by atoms with van der Waals surface area (Å²) in [7, 11) is 0. The number of carbonyl (C=O) groups excluding carboxylic acids is 1. The maximum absolute atomic E-state index is 11.3. The Morgan fingerprint density at radius 2 is 2.31 bits per heavy atom. The highest BCUT2D eigenvalue weighted by atomic mass is 16.5. The second kappa shape index (κ2) is 6.33. The third kappa shape index (κ3) is 3.70. The molecule has 0 spiro atoms. The number of hydrogen-bond acceptors (Lipinski definition) is 3. The average Bonchev–Trinajstić information content (AvgIpc) is 2.67. The molecule has 0 fully saturated rings. The van der Waals surface area contributed by atoms with Crippen LogP contribution in [0.5, 0.6) is 0 Å². The Kier molecular flexibility index (Phi) is 5.05. The van der Waals surface area contributed by atoms with Gasteiger partial charge in [0.25, 0.3) is 0 Å². The number of nitrogens with zero attached hydrogens (tertiary/aromatic N) is 1. The summed E-state index contributed by atoms with van der Waals surface area (Å²) in [6.07, 6.45) is 3.88. The lowest BCUT2D eigenvalue weighted by atomic mass is 10.2. The van der Waals surface area contributed by atoms with E-state index in [1.54, 1.807) is 0 Å². The Morgan fingerprint density at radius 3 is 2.94 bits per heavy atom. The smallest absolute Gasteiger partial charge is 0.325 e.